The molecule has 0 heterocycles. The van der Waals surface area contributed by atoms with Crippen LogP contribution in [0.15, 0.2) is 71.8 Å². The number of hydrazone groups is 1. The predicted molar refractivity (Wildman–Crippen MR) is 108 cm³/mol. The zero-order valence-corrected chi connectivity index (χ0v) is 15.6. The van der Waals surface area contributed by atoms with E-state index in [-0.39, 0.29) is 18.0 Å². The Bertz CT molecular complexity index is 1020. The first kappa shape index (κ1) is 19.9. The molecule has 0 aliphatic rings. The zero-order chi connectivity index (χ0) is 20.6. The van der Waals surface area contributed by atoms with E-state index in [1.807, 2.05) is 0 Å². The summed E-state index contributed by atoms with van der Waals surface area (Å²) in [6.07, 6.45) is 1.55. The summed E-state index contributed by atoms with van der Waals surface area (Å²) in [4.78, 5) is 11.1. The molecular formula is C22H19FN2O4. The monoisotopic (exact) mass is 394 g/mol. The summed E-state index contributed by atoms with van der Waals surface area (Å²) < 4.78 is 24.3. The van der Waals surface area contributed by atoms with E-state index in [4.69, 9.17) is 14.6 Å². The average Bonchev–Trinajstić information content (AvgIpc) is 2.74. The maximum absolute atomic E-state index is 13.1. The van der Waals surface area contributed by atoms with Crippen molar-refractivity contribution in [3.8, 4) is 11.5 Å². The van der Waals surface area contributed by atoms with Gasteiger partial charge in [-0.3, -0.25) is 5.43 Å². The largest absolute Gasteiger partial charge is 0.493 e. The average molecular weight is 394 g/mol. The van der Waals surface area contributed by atoms with Crippen LogP contribution in [0.1, 0.15) is 21.5 Å². The second-order valence-corrected chi connectivity index (χ2v) is 6.05. The molecule has 0 aliphatic heterocycles. The van der Waals surface area contributed by atoms with Gasteiger partial charge in [-0.25, -0.2) is 9.18 Å². The molecule has 3 rings (SSSR count). The summed E-state index contributed by atoms with van der Waals surface area (Å²) in [5.74, 6) is -0.299. The third kappa shape index (κ3) is 5.32. The minimum Gasteiger partial charge on any atom is -0.493 e. The van der Waals surface area contributed by atoms with Crippen molar-refractivity contribution in [2.75, 3.05) is 12.5 Å². The van der Waals surface area contributed by atoms with Gasteiger partial charge in [0.05, 0.1) is 24.6 Å². The highest BCUT2D eigenvalue weighted by molar-refractivity contribution is 5.89. The smallest absolute Gasteiger partial charge is 0.335 e. The van der Waals surface area contributed by atoms with E-state index < -0.39 is 5.97 Å². The van der Waals surface area contributed by atoms with E-state index in [2.05, 4.69) is 10.5 Å². The Morgan fingerprint density at radius 2 is 1.90 bits per heavy atom. The Hall–Kier alpha value is -3.87. The van der Waals surface area contributed by atoms with Crippen LogP contribution in [0, 0.1) is 5.82 Å². The zero-order valence-electron chi connectivity index (χ0n) is 15.6. The van der Waals surface area contributed by atoms with Gasteiger partial charge in [-0.15, -0.1) is 0 Å². The number of aromatic carboxylic acids is 1. The molecule has 0 aromatic heterocycles. The van der Waals surface area contributed by atoms with Crippen LogP contribution in [0.4, 0.5) is 10.1 Å². The SMILES string of the molecule is COc1cccc(C=NNc2cccc(C(=O)O)c2)c1OCc1ccc(F)cc1. The Labute approximate surface area is 167 Å². The molecule has 148 valence electrons. The van der Waals surface area contributed by atoms with Crippen LogP contribution >= 0.6 is 0 Å². The summed E-state index contributed by atoms with van der Waals surface area (Å²) in [6.45, 7) is 0.232. The Kier molecular flexibility index (Phi) is 6.42. The third-order valence-corrected chi connectivity index (χ3v) is 4.03. The summed E-state index contributed by atoms with van der Waals surface area (Å²) >= 11 is 0. The van der Waals surface area contributed by atoms with E-state index in [1.54, 1.807) is 48.7 Å². The number of hydrogen-bond donors (Lipinski definition) is 2. The lowest BCUT2D eigenvalue weighted by molar-refractivity contribution is 0.0697. The minimum absolute atomic E-state index is 0.162. The van der Waals surface area contributed by atoms with Gasteiger partial charge in [0.2, 0.25) is 0 Å². The fourth-order valence-electron chi connectivity index (χ4n) is 2.58. The number of carbonyl (C=O) groups is 1. The first-order valence-corrected chi connectivity index (χ1v) is 8.73. The highest BCUT2D eigenvalue weighted by Gasteiger charge is 2.10. The number of para-hydroxylation sites is 1. The van der Waals surface area contributed by atoms with Crippen LogP contribution in [0.3, 0.4) is 0 Å². The molecular weight excluding hydrogens is 375 g/mol. The fraction of sp³-hybridized carbons (Fsp3) is 0.0909. The molecule has 0 fully saturated rings. The molecule has 0 saturated heterocycles. The molecule has 0 aliphatic carbocycles. The number of hydrogen-bond acceptors (Lipinski definition) is 5. The second-order valence-electron chi connectivity index (χ2n) is 6.05. The first-order valence-electron chi connectivity index (χ1n) is 8.73. The normalized spacial score (nSPS) is 10.7. The van der Waals surface area contributed by atoms with Crippen LogP contribution < -0.4 is 14.9 Å². The summed E-state index contributed by atoms with van der Waals surface area (Å²) in [5.41, 5.74) is 4.97. The van der Waals surface area contributed by atoms with Gasteiger partial charge in [-0.2, -0.15) is 5.10 Å². The van der Waals surface area contributed by atoms with Gasteiger partial charge < -0.3 is 14.6 Å². The third-order valence-electron chi connectivity index (χ3n) is 4.03. The van der Waals surface area contributed by atoms with Crippen LogP contribution in [0.2, 0.25) is 0 Å². The summed E-state index contributed by atoms with van der Waals surface area (Å²) in [5, 5.41) is 13.2. The van der Waals surface area contributed by atoms with E-state index >= 15 is 0 Å². The molecule has 3 aromatic rings. The van der Waals surface area contributed by atoms with Crippen molar-refractivity contribution in [2.24, 2.45) is 5.10 Å². The number of methoxy groups -OCH3 is 1. The quantitative estimate of drug-likeness (QED) is 0.433. The van der Waals surface area contributed by atoms with Gasteiger partial charge in [0, 0.05) is 5.56 Å². The van der Waals surface area contributed by atoms with Gasteiger partial charge in [-0.05, 0) is 48.0 Å². The number of benzene rings is 3. The van der Waals surface area contributed by atoms with Gasteiger partial charge in [0.1, 0.15) is 12.4 Å². The van der Waals surface area contributed by atoms with Gasteiger partial charge >= 0.3 is 5.97 Å². The summed E-state index contributed by atoms with van der Waals surface area (Å²) in [7, 11) is 1.54. The minimum atomic E-state index is -1.01. The van der Waals surface area contributed by atoms with Crippen LogP contribution in [-0.4, -0.2) is 24.4 Å². The molecule has 0 saturated carbocycles. The molecule has 0 bridgehead atoms. The van der Waals surface area contributed by atoms with Gasteiger partial charge in [-0.1, -0.05) is 24.3 Å². The van der Waals surface area contributed by atoms with E-state index in [0.717, 1.165) is 5.56 Å². The molecule has 7 heteroatoms. The number of carboxylic acid groups (broad SMARTS) is 1. The van der Waals surface area contributed by atoms with Crippen molar-refractivity contribution < 1.29 is 23.8 Å². The lowest BCUT2D eigenvalue weighted by Gasteiger charge is -2.13. The van der Waals surface area contributed by atoms with Crippen LogP contribution in [0.25, 0.3) is 0 Å². The van der Waals surface area contributed by atoms with Gasteiger partial charge in [0.25, 0.3) is 0 Å². The highest BCUT2D eigenvalue weighted by atomic mass is 19.1. The Morgan fingerprint density at radius 1 is 1.14 bits per heavy atom. The number of halogens is 1. The molecule has 6 nitrogen and oxygen atoms in total. The van der Waals surface area contributed by atoms with Crippen molar-refractivity contribution in [3.05, 3.63) is 89.2 Å². The van der Waals surface area contributed by atoms with Gasteiger partial charge in [0.15, 0.2) is 11.5 Å². The number of anilines is 1. The maximum atomic E-state index is 13.1. The first-order chi connectivity index (χ1) is 14.1. The van der Waals surface area contributed by atoms with E-state index in [0.29, 0.717) is 22.7 Å². The Balaban J connectivity index is 1.76. The van der Waals surface area contributed by atoms with Crippen molar-refractivity contribution in [3.63, 3.8) is 0 Å². The van der Waals surface area contributed by atoms with Crippen LogP contribution in [0.5, 0.6) is 11.5 Å². The molecule has 3 aromatic carbocycles. The predicted octanol–water partition coefficient (Wildman–Crippen LogP) is 4.56. The summed E-state index contributed by atoms with van der Waals surface area (Å²) in [6, 6.07) is 17.7. The van der Waals surface area contributed by atoms with E-state index in [9.17, 15) is 9.18 Å². The molecule has 0 radical (unpaired) electrons. The van der Waals surface area contributed by atoms with Crippen molar-refractivity contribution in [2.45, 2.75) is 6.61 Å². The molecule has 2 N–H and O–H groups in total. The van der Waals surface area contributed by atoms with Crippen molar-refractivity contribution in [1.29, 1.82) is 0 Å². The number of nitrogens with zero attached hydrogens (tertiary/aromatic N) is 1. The number of rotatable bonds is 8. The highest BCUT2D eigenvalue weighted by Crippen LogP contribution is 2.31. The standard InChI is InChI=1S/C22H19FN2O4/c1-28-20-7-3-5-17(21(20)29-14-15-8-10-18(23)11-9-15)13-24-25-19-6-2-4-16(12-19)22(26)27/h2-13,25H,14H2,1H3,(H,26,27). The maximum Gasteiger partial charge on any atom is 0.335 e. The van der Waals surface area contributed by atoms with Crippen molar-refractivity contribution in [1.82, 2.24) is 0 Å². The number of ether oxygens (including phenoxy) is 2. The molecule has 29 heavy (non-hydrogen) atoms. The molecule has 0 atom stereocenters. The fourth-order valence-corrected chi connectivity index (χ4v) is 2.58. The Morgan fingerprint density at radius 3 is 2.62 bits per heavy atom. The topological polar surface area (TPSA) is 80.2 Å². The number of nitrogens with one attached hydrogen (secondary N) is 1. The second kappa shape index (κ2) is 9.36. The van der Waals surface area contributed by atoms with Crippen LogP contribution in [-0.2, 0) is 6.61 Å². The van der Waals surface area contributed by atoms with E-state index in [1.165, 1.54) is 31.4 Å². The lowest BCUT2D eigenvalue weighted by Crippen LogP contribution is -2.02. The molecule has 0 unspecified atom stereocenters. The van der Waals surface area contributed by atoms with Crippen molar-refractivity contribution >= 4 is 17.9 Å². The molecule has 0 spiro atoms. The molecule has 0 amide bonds. The lowest BCUT2D eigenvalue weighted by atomic mass is 10.2. The number of carboxylic acids is 1.